The molecule has 0 aromatic rings. The minimum atomic E-state index is -0.576. The second-order valence-corrected chi connectivity index (χ2v) is 5.27. The molecule has 1 rings (SSSR count). The highest BCUT2D eigenvalue weighted by atomic mass is 32.2. The van der Waals surface area contributed by atoms with Crippen molar-refractivity contribution in [2.24, 2.45) is 5.73 Å². The van der Waals surface area contributed by atoms with E-state index in [-0.39, 0.29) is 6.10 Å². The second kappa shape index (κ2) is 6.50. The lowest BCUT2D eigenvalue weighted by atomic mass is 10.2. The molecule has 0 saturated carbocycles. The van der Waals surface area contributed by atoms with E-state index in [1.807, 2.05) is 0 Å². The minimum absolute atomic E-state index is 0.169. The van der Waals surface area contributed by atoms with Crippen LogP contribution >= 0.6 is 0 Å². The van der Waals surface area contributed by atoms with Crippen molar-refractivity contribution in [2.75, 3.05) is 44.8 Å². The topological polar surface area (TPSA) is 55.6 Å². The van der Waals surface area contributed by atoms with Gasteiger partial charge in [-0.05, 0) is 6.42 Å². The van der Waals surface area contributed by atoms with Gasteiger partial charge >= 0.3 is 0 Å². The normalized spacial score (nSPS) is 22.4. The van der Waals surface area contributed by atoms with Gasteiger partial charge in [-0.1, -0.05) is 0 Å². The number of hydrogen-bond donors (Lipinski definition) is 1. The smallest absolute Gasteiger partial charge is 0.0705 e. The first-order valence-corrected chi connectivity index (χ1v) is 6.55. The molecule has 1 fully saturated rings. The lowest BCUT2D eigenvalue weighted by Crippen LogP contribution is -2.40. The number of methoxy groups -OCH3 is 1. The lowest BCUT2D eigenvalue weighted by Gasteiger charge is -2.27. The van der Waals surface area contributed by atoms with Gasteiger partial charge in [0.15, 0.2) is 0 Å². The van der Waals surface area contributed by atoms with Crippen LogP contribution in [0.25, 0.3) is 0 Å². The molecule has 2 N–H and O–H groups in total. The molecule has 4 nitrogen and oxygen atoms in total. The fraction of sp³-hybridized carbons (Fsp3) is 1.00. The van der Waals surface area contributed by atoms with Crippen molar-refractivity contribution in [3.8, 4) is 0 Å². The maximum absolute atomic E-state index is 11.1. The third-order valence-electron chi connectivity index (χ3n) is 2.63. The molecule has 0 amide bonds. The maximum atomic E-state index is 11.1. The van der Waals surface area contributed by atoms with Crippen LogP contribution in [0.3, 0.4) is 0 Å². The number of nitrogens with zero attached hydrogens (tertiary/aromatic N) is 1. The number of hydrogen-bond acceptors (Lipinski definition) is 4. The molecule has 0 spiro atoms. The highest BCUT2D eigenvalue weighted by Crippen LogP contribution is 2.03. The predicted octanol–water partition coefficient (Wildman–Crippen LogP) is -0.585. The highest BCUT2D eigenvalue weighted by Gasteiger charge is 2.15. The summed E-state index contributed by atoms with van der Waals surface area (Å²) >= 11 is 0. The van der Waals surface area contributed by atoms with Gasteiger partial charge in [0.1, 0.15) is 0 Å². The van der Waals surface area contributed by atoms with Crippen LogP contribution in [0.4, 0.5) is 0 Å². The molecule has 0 aromatic carbocycles. The standard InChI is InChI=1S/C9H20N2O2S/c1-13-9(8-10)2-3-11-4-6-14(12)7-5-11/h9H,2-8,10H2,1H3. The van der Waals surface area contributed by atoms with Crippen molar-refractivity contribution in [3.05, 3.63) is 0 Å². The first-order chi connectivity index (χ1) is 6.76. The first-order valence-electron chi connectivity index (χ1n) is 5.06. The molecular formula is C9H20N2O2S. The Labute approximate surface area is 88.2 Å². The molecule has 0 aromatic heterocycles. The van der Waals surface area contributed by atoms with Gasteiger partial charge in [-0.25, -0.2) is 0 Å². The Kier molecular flexibility index (Phi) is 5.62. The van der Waals surface area contributed by atoms with Crippen molar-refractivity contribution < 1.29 is 8.95 Å². The van der Waals surface area contributed by atoms with E-state index >= 15 is 0 Å². The average Bonchev–Trinajstić information content (AvgIpc) is 2.22. The Bertz CT molecular complexity index is 176. The summed E-state index contributed by atoms with van der Waals surface area (Å²) in [4.78, 5) is 2.34. The van der Waals surface area contributed by atoms with Gasteiger partial charge in [-0.15, -0.1) is 0 Å². The maximum Gasteiger partial charge on any atom is 0.0705 e. The van der Waals surface area contributed by atoms with E-state index in [0.717, 1.165) is 37.6 Å². The van der Waals surface area contributed by atoms with E-state index in [1.165, 1.54) is 0 Å². The molecule has 1 saturated heterocycles. The third-order valence-corrected chi connectivity index (χ3v) is 3.91. The molecule has 1 aliphatic heterocycles. The minimum Gasteiger partial charge on any atom is -0.380 e. The van der Waals surface area contributed by atoms with E-state index in [1.54, 1.807) is 7.11 Å². The SMILES string of the molecule is COC(CN)CCN1CCS(=O)CC1. The summed E-state index contributed by atoms with van der Waals surface area (Å²) in [5.74, 6) is 1.64. The highest BCUT2D eigenvalue weighted by molar-refractivity contribution is 7.85. The molecule has 1 heterocycles. The largest absolute Gasteiger partial charge is 0.380 e. The van der Waals surface area contributed by atoms with Crippen molar-refractivity contribution >= 4 is 10.8 Å². The van der Waals surface area contributed by atoms with Gasteiger partial charge in [0.2, 0.25) is 0 Å². The van der Waals surface area contributed by atoms with Gasteiger partial charge in [0.05, 0.1) is 6.10 Å². The number of rotatable bonds is 5. The van der Waals surface area contributed by atoms with Gasteiger partial charge < -0.3 is 15.4 Å². The quantitative estimate of drug-likeness (QED) is 0.673. The Morgan fingerprint density at radius 3 is 2.64 bits per heavy atom. The van der Waals surface area contributed by atoms with E-state index in [2.05, 4.69) is 4.90 Å². The van der Waals surface area contributed by atoms with Crippen LogP contribution in [0, 0.1) is 0 Å². The molecule has 1 aliphatic rings. The summed E-state index contributed by atoms with van der Waals surface area (Å²) in [6, 6.07) is 0. The Hall–Kier alpha value is 0.0300. The van der Waals surface area contributed by atoms with Crippen LogP contribution in [0.15, 0.2) is 0 Å². The molecule has 0 bridgehead atoms. The third kappa shape index (κ3) is 4.04. The van der Waals surface area contributed by atoms with Gasteiger partial charge in [0.25, 0.3) is 0 Å². The van der Waals surface area contributed by atoms with Crippen LogP contribution in [0.5, 0.6) is 0 Å². The molecule has 0 aliphatic carbocycles. The first kappa shape index (κ1) is 12.1. The van der Waals surface area contributed by atoms with E-state index in [4.69, 9.17) is 10.5 Å². The van der Waals surface area contributed by atoms with E-state index in [0.29, 0.717) is 6.54 Å². The fourth-order valence-corrected chi connectivity index (χ4v) is 2.69. The molecule has 1 unspecified atom stereocenters. The van der Waals surface area contributed by atoms with Crippen molar-refractivity contribution in [2.45, 2.75) is 12.5 Å². The summed E-state index contributed by atoms with van der Waals surface area (Å²) in [5, 5.41) is 0. The Balaban J connectivity index is 2.15. The molecule has 1 atom stereocenters. The van der Waals surface area contributed by atoms with Crippen LogP contribution < -0.4 is 5.73 Å². The summed E-state index contributed by atoms with van der Waals surface area (Å²) in [6.45, 7) is 3.49. The summed E-state index contributed by atoms with van der Waals surface area (Å²) in [7, 11) is 1.12. The fourth-order valence-electron chi connectivity index (χ4n) is 1.56. The second-order valence-electron chi connectivity index (χ2n) is 3.57. The molecular weight excluding hydrogens is 200 g/mol. The number of ether oxygens (including phenoxy) is 1. The van der Waals surface area contributed by atoms with Crippen molar-refractivity contribution in [3.63, 3.8) is 0 Å². The summed E-state index contributed by atoms with van der Waals surface area (Å²) < 4.78 is 16.3. The Morgan fingerprint density at radius 2 is 2.14 bits per heavy atom. The van der Waals surface area contributed by atoms with Gasteiger partial charge in [-0.3, -0.25) is 4.21 Å². The average molecular weight is 220 g/mol. The van der Waals surface area contributed by atoms with Crippen molar-refractivity contribution in [1.82, 2.24) is 4.90 Å². The van der Waals surface area contributed by atoms with Gasteiger partial charge in [0, 0.05) is 55.6 Å². The zero-order valence-corrected chi connectivity index (χ0v) is 9.59. The van der Waals surface area contributed by atoms with Gasteiger partial charge in [-0.2, -0.15) is 0 Å². The summed E-state index contributed by atoms with van der Waals surface area (Å²) in [5.41, 5.74) is 5.53. The van der Waals surface area contributed by atoms with E-state index < -0.39 is 10.8 Å². The molecule has 84 valence electrons. The lowest BCUT2D eigenvalue weighted by molar-refractivity contribution is 0.0907. The zero-order chi connectivity index (χ0) is 10.4. The molecule has 5 heteroatoms. The van der Waals surface area contributed by atoms with Crippen LogP contribution in [0.2, 0.25) is 0 Å². The monoisotopic (exact) mass is 220 g/mol. The van der Waals surface area contributed by atoms with Crippen LogP contribution in [-0.4, -0.2) is 60.0 Å². The molecule has 0 radical (unpaired) electrons. The van der Waals surface area contributed by atoms with Crippen molar-refractivity contribution in [1.29, 1.82) is 0 Å². The van der Waals surface area contributed by atoms with Crippen LogP contribution in [0.1, 0.15) is 6.42 Å². The predicted molar refractivity (Wildman–Crippen MR) is 58.8 cm³/mol. The summed E-state index contributed by atoms with van der Waals surface area (Å²) in [6.07, 6.45) is 1.14. The van der Waals surface area contributed by atoms with Crippen LogP contribution in [-0.2, 0) is 15.5 Å². The Morgan fingerprint density at radius 1 is 1.50 bits per heavy atom. The molecule has 14 heavy (non-hydrogen) atoms. The zero-order valence-electron chi connectivity index (χ0n) is 8.78. The number of nitrogens with two attached hydrogens (primary N) is 1. The van der Waals surface area contributed by atoms with E-state index in [9.17, 15) is 4.21 Å².